The third-order valence-electron chi connectivity index (χ3n) is 1.28. The summed E-state index contributed by atoms with van der Waals surface area (Å²) >= 11 is 0. The molecule has 1 heterocycles. The zero-order valence-corrected chi connectivity index (χ0v) is 8.27. The summed E-state index contributed by atoms with van der Waals surface area (Å²) in [5.41, 5.74) is 6.11. The van der Waals surface area contributed by atoms with E-state index in [9.17, 15) is 4.79 Å². The van der Waals surface area contributed by atoms with Crippen molar-refractivity contribution < 1.29 is 9.90 Å². The van der Waals surface area contributed by atoms with Crippen molar-refractivity contribution in [2.75, 3.05) is 0 Å². The maximum absolute atomic E-state index is 10.4. The molecule has 0 aliphatic carbocycles. The Kier molecular flexibility index (Phi) is 7.51. The van der Waals surface area contributed by atoms with E-state index in [0.717, 1.165) is 5.56 Å². The van der Waals surface area contributed by atoms with Crippen LogP contribution in [-0.2, 0) is 6.54 Å². The number of nitrogens with two attached hydrogens (primary N) is 1. The van der Waals surface area contributed by atoms with Crippen LogP contribution in [0, 0.1) is 0 Å². The maximum Gasteiger partial charge on any atom is 0.354 e. The predicted molar refractivity (Wildman–Crippen MR) is 53.6 cm³/mol. The van der Waals surface area contributed by atoms with E-state index < -0.39 is 5.97 Å². The van der Waals surface area contributed by atoms with E-state index in [0.29, 0.717) is 6.54 Å². The SMILES string of the molecule is Cl.Cl.NCc1ccnc(C(=O)O)c1. The second-order valence-corrected chi connectivity index (χ2v) is 2.06. The number of aromatic carboxylic acids is 1. The fourth-order valence-electron chi connectivity index (χ4n) is 0.718. The molecule has 6 heteroatoms. The molecular formula is C7H10Cl2N2O2. The Labute approximate surface area is 88.0 Å². The minimum atomic E-state index is -1.03. The zero-order chi connectivity index (χ0) is 8.27. The van der Waals surface area contributed by atoms with Gasteiger partial charge >= 0.3 is 5.97 Å². The second kappa shape index (κ2) is 6.65. The Morgan fingerprint density at radius 1 is 1.54 bits per heavy atom. The average Bonchev–Trinajstić information content (AvgIpc) is 2.05. The van der Waals surface area contributed by atoms with Crippen molar-refractivity contribution >= 4 is 30.8 Å². The average molecular weight is 225 g/mol. The highest BCUT2D eigenvalue weighted by molar-refractivity contribution is 5.86. The van der Waals surface area contributed by atoms with Gasteiger partial charge in [-0.05, 0) is 17.7 Å². The van der Waals surface area contributed by atoms with E-state index in [-0.39, 0.29) is 30.5 Å². The Balaban J connectivity index is 0. The maximum atomic E-state index is 10.4. The fourth-order valence-corrected chi connectivity index (χ4v) is 0.718. The van der Waals surface area contributed by atoms with Crippen molar-refractivity contribution in [3.8, 4) is 0 Å². The van der Waals surface area contributed by atoms with Crippen LogP contribution in [0.15, 0.2) is 18.3 Å². The van der Waals surface area contributed by atoms with Crippen LogP contribution in [-0.4, -0.2) is 16.1 Å². The number of rotatable bonds is 2. The number of carbonyl (C=O) groups is 1. The number of pyridine rings is 1. The van der Waals surface area contributed by atoms with Crippen molar-refractivity contribution in [2.24, 2.45) is 5.73 Å². The fraction of sp³-hybridized carbons (Fsp3) is 0.143. The molecule has 0 spiro atoms. The highest BCUT2D eigenvalue weighted by atomic mass is 35.5. The molecule has 74 valence electrons. The van der Waals surface area contributed by atoms with Gasteiger partial charge in [0, 0.05) is 12.7 Å². The van der Waals surface area contributed by atoms with E-state index in [4.69, 9.17) is 10.8 Å². The lowest BCUT2D eigenvalue weighted by Crippen LogP contribution is -2.03. The Bertz CT molecular complexity index is 281. The molecule has 0 aliphatic heterocycles. The van der Waals surface area contributed by atoms with Crippen LogP contribution in [0.2, 0.25) is 0 Å². The molecule has 0 aromatic carbocycles. The molecule has 0 bridgehead atoms. The van der Waals surface area contributed by atoms with E-state index in [2.05, 4.69) is 4.98 Å². The topological polar surface area (TPSA) is 76.2 Å². The minimum absolute atomic E-state index is 0. The van der Waals surface area contributed by atoms with Crippen LogP contribution in [0.3, 0.4) is 0 Å². The molecule has 3 N–H and O–H groups in total. The molecule has 0 unspecified atom stereocenters. The largest absolute Gasteiger partial charge is 0.477 e. The van der Waals surface area contributed by atoms with Gasteiger partial charge in [0.1, 0.15) is 5.69 Å². The van der Waals surface area contributed by atoms with Crippen LogP contribution < -0.4 is 5.73 Å². The molecule has 1 rings (SSSR count). The van der Waals surface area contributed by atoms with Gasteiger partial charge in [-0.25, -0.2) is 9.78 Å². The van der Waals surface area contributed by atoms with Gasteiger partial charge in [0.25, 0.3) is 0 Å². The normalized spacial score (nSPS) is 8.08. The summed E-state index contributed by atoms with van der Waals surface area (Å²) in [6.07, 6.45) is 1.44. The molecule has 0 radical (unpaired) electrons. The first-order valence-corrected chi connectivity index (χ1v) is 3.12. The number of hydrogen-bond acceptors (Lipinski definition) is 3. The highest BCUT2D eigenvalue weighted by Gasteiger charge is 2.02. The lowest BCUT2D eigenvalue weighted by Gasteiger charge is -1.96. The van der Waals surface area contributed by atoms with Gasteiger partial charge in [-0.3, -0.25) is 0 Å². The molecule has 1 aromatic heterocycles. The lowest BCUT2D eigenvalue weighted by molar-refractivity contribution is 0.0690. The number of hydrogen-bond donors (Lipinski definition) is 2. The predicted octanol–water partition coefficient (Wildman–Crippen LogP) is 1.08. The standard InChI is InChI=1S/C7H8N2O2.2ClH/c8-4-5-1-2-9-6(3-5)7(10)11;;/h1-3H,4,8H2,(H,10,11);2*1H. The molecule has 4 nitrogen and oxygen atoms in total. The van der Waals surface area contributed by atoms with Gasteiger partial charge < -0.3 is 10.8 Å². The second-order valence-electron chi connectivity index (χ2n) is 2.06. The first kappa shape index (κ1) is 14.7. The van der Waals surface area contributed by atoms with Crippen LogP contribution >= 0.6 is 24.8 Å². The molecule has 0 amide bonds. The third-order valence-corrected chi connectivity index (χ3v) is 1.28. The summed E-state index contributed by atoms with van der Waals surface area (Å²) in [6.45, 7) is 0.336. The van der Waals surface area contributed by atoms with Crippen LogP contribution in [0.25, 0.3) is 0 Å². The summed E-state index contributed by atoms with van der Waals surface area (Å²) < 4.78 is 0. The monoisotopic (exact) mass is 224 g/mol. The van der Waals surface area contributed by atoms with Gasteiger partial charge in [0.2, 0.25) is 0 Å². The van der Waals surface area contributed by atoms with Gasteiger partial charge in [0.05, 0.1) is 0 Å². The summed E-state index contributed by atoms with van der Waals surface area (Å²) in [6, 6.07) is 3.15. The molecule has 0 saturated carbocycles. The van der Waals surface area contributed by atoms with Crippen molar-refractivity contribution in [1.29, 1.82) is 0 Å². The molecular weight excluding hydrogens is 215 g/mol. The summed E-state index contributed by atoms with van der Waals surface area (Å²) in [7, 11) is 0. The van der Waals surface area contributed by atoms with E-state index in [1.54, 1.807) is 6.07 Å². The quantitative estimate of drug-likeness (QED) is 0.789. The first-order chi connectivity index (χ1) is 5.24. The van der Waals surface area contributed by atoms with E-state index in [1.807, 2.05) is 0 Å². The van der Waals surface area contributed by atoms with E-state index >= 15 is 0 Å². The number of aromatic nitrogens is 1. The molecule has 0 atom stereocenters. The Morgan fingerprint density at radius 3 is 2.62 bits per heavy atom. The van der Waals surface area contributed by atoms with Crippen LogP contribution in [0.4, 0.5) is 0 Å². The van der Waals surface area contributed by atoms with Crippen molar-refractivity contribution in [3.63, 3.8) is 0 Å². The van der Waals surface area contributed by atoms with E-state index in [1.165, 1.54) is 12.3 Å². The van der Waals surface area contributed by atoms with Gasteiger partial charge in [-0.15, -0.1) is 24.8 Å². The third kappa shape index (κ3) is 4.07. The smallest absolute Gasteiger partial charge is 0.354 e. The Morgan fingerprint density at radius 2 is 2.15 bits per heavy atom. The number of carboxylic acids is 1. The summed E-state index contributed by atoms with van der Waals surface area (Å²) in [5.74, 6) is -1.03. The zero-order valence-electron chi connectivity index (χ0n) is 6.64. The number of carboxylic acid groups (broad SMARTS) is 1. The number of nitrogens with zero attached hydrogens (tertiary/aromatic N) is 1. The van der Waals surface area contributed by atoms with Gasteiger partial charge in [0.15, 0.2) is 0 Å². The molecule has 0 saturated heterocycles. The molecule has 0 aliphatic rings. The van der Waals surface area contributed by atoms with Crippen LogP contribution in [0.5, 0.6) is 0 Å². The van der Waals surface area contributed by atoms with Crippen molar-refractivity contribution in [3.05, 3.63) is 29.6 Å². The highest BCUT2D eigenvalue weighted by Crippen LogP contribution is 1.99. The van der Waals surface area contributed by atoms with Crippen LogP contribution in [0.1, 0.15) is 16.1 Å². The van der Waals surface area contributed by atoms with Crippen molar-refractivity contribution in [2.45, 2.75) is 6.54 Å². The number of halogens is 2. The molecule has 0 fully saturated rings. The van der Waals surface area contributed by atoms with Gasteiger partial charge in [-0.1, -0.05) is 0 Å². The Hall–Kier alpha value is -0.840. The summed E-state index contributed by atoms with van der Waals surface area (Å²) in [4.78, 5) is 14.0. The lowest BCUT2D eigenvalue weighted by atomic mass is 10.2. The summed E-state index contributed by atoms with van der Waals surface area (Å²) in [5, 5.41) is 8.50. The first-order valence-electron chi connectivity index (χ1n) is 3.12. The minimum Gasteiger partial charge on any atom is -0.477 e. The molecule has 13 heavy (non-hydrogen) atoms. The molecule has 1 aromatic rings. The van der Waals surface area contributed by atoms with Gasteiger partial charge in [-0.2, -0.15) is 0 Å². The van der Waals surface area contributed by atoms with Crippen molar-refractivity contribution in [1.82, 2.24) is 4.98 Å².